The normalized spacial score (nSPS) is 11.3. The van der Waals surface area contributed by atoms with Gasteiger partial charge in [-0.2, -0.15) is 13.2 Å². The van der Waals surface area contributed by atoms with E-state index in [4.69, 9.17) is 30.4 Å². The fourth-order valence-electron chi connectivity index (χ4n) is 3.65. The summed E-state index contributed by atoms with van der Waals surface area (Å²) in [6.07, 6.45) is -1.53. The summed E-state index contributed by atoms with van der Waals surface area (Å²) in [6, 6.07) is 16.0. The van der Waals surface area contributed by atoms with Crippen LogP contribution < -0.4 is 25.7 Å². The number of anilines is 2. The molecule has 3 aromatic rings. The van der Waals surface area contributed by atoms with Crippen molar-refractivity contribution in [3.05, 3.63) is 83.4 Å². The Bertz CT molecular complexity index is 1360. The van der Waals surface area contributed by atoms with E-state index in [1.165, 1.54) is 49.6 Å². The number of rotatable bonds is 13. The first-order valence-corrected chi connectivity index (χ1v) is 12.7. The summed E-state index contributed by atoms with van der Waals surface area (Å²) in [5, 5.41) is 0. The predicted octanol–water partition coefficient (Wildman–Crippen LogP) is 5.99. The highest BCUT2D eigenvalue weighted by atomic mass is 19.4. The van der Waals surface area contributed by atoms with Crippen molar-refractivity contribution < 1.29 is 41.7 Å². The molecule has 0 heterocycles. The van der Waals surface area contributed by atoms with Crippen molar-refractivity contribution in [3.8, 4) is 17.2 Å². The summed E-state index contributed by atoms with van der Waals surface area (Å²) in [4.78, 5) is 24.7. The molecule has 3 rings (SSSR count). The lowest BCUT2D eigenvalue weighted by molar-refractivity contribution is -0.138. The molecule has 0 aromatic heterocycles. The minimum atomic E-state index is -4.18. The number of esters is 2. The third-order valence-corrected chi connectivity index (χ3v) is 5.80. The Morgan fingerprint density at radius 1 is 0.902 bits per heavy atom. The van der Waals surface area contributed by atoms with E-state index in [-0.39, 0.29) is 43.1 Å². The van der Waals surface area contributed by atoms with Crippen LogP contribution in [-0.4, -0.2) is 38.4 Å². The topological polar surface area (TPSA) is 123 Å². The number of alkyl halides is 3. The van der Waals surface area contributed by atoms with E-state index < -0.39 is 24.5 Å². The molecule has 218 valence electrons. The van der Waals surface area contributed by atoms with Gasteiger partial charge < -0.3 is 30.4 Å². The highest BCUT2D eigenvalue weighted by Crippen LogP contribution is 2.30. The molecule has 0 unspecified atom stereocenters. The SMILES string of the molecule is COc1cc(C=CC(=O)OCCc2ccc(N)cc2N)ccc1OC(=O)c1ccc(OCCCCC(F)(F)F)cc1. The van der Waals surface area contributed by atoms with Gasteiger partial charge in [0.25, 0.3) is 0 Å². The van der Waals surface area contributed by atoms with E-state index in [0.717, 1.165) is 5.56 Å². The van der Waals surface area contributed by atoms with Gasteiger partial charge in [-0.05, 0) is 78.6 Å². The van der Waals surface area contributed by atoms with Crippen LogP contribution in [0.3, 0.4) is 0 Å². The van der Waals surface area contributed by atoms with Crippen molar-refractivity contribution in [2.45, 2.75) is 31.9 Å². The van der Waals surface area contributed by atoms with Gasteiger partial charge in [0.2, 0.25) is 0 Å². The molecule has 3 aromatic carbocycles. The molecule has 0 radical (unpaired) electrons. The number of hydrogen-bond donors (Lipinski definition) is 2. The Kier molecular flexibility index (Phi) is 11.0. The van der Waals surface area contributed by atoms with Crippen LogP contribution in [0.25, 0.3) is 6.08 Å². The number of unbranched alkanes of at least 4 members (excludes halogenated alkanes) is 1. The van der Waals surface area contributed by atoms with Crippen LogP contribution in [-0.2, 0) is 16.0 Å². The molecule has 41 heavy (non-hydrogen) atoms. The molecule has 0 aliphatic rings. The van der Waals surface area contributed by atoms with Gasteiger partial charge in [-0.25, -0.2) is 9.59 Å². The molecule has 0 aliphatic heterocycles. The van der Waals surface area contributed by atoms with Crippen molar-refractivity contribution in [1.82, 2.24) is 0 Å². The fraction of sp³-hybridized carbons (Fsp3) is 0.267. The summed E-state index contributed by atoms with van der Waals surface area (Å²) >= 11 is 0. The summed E-state index contributed by atoms with van der Waals surface area (Å²) < 4.78 is 58.0. The second-order valence-electron chi connectivity index (χ2n) is 8.95. The lowest BCUT2D eigenvalue weighted by Crippen LogP contribution is -2.09. The average molecular weight is 573 g/mol. The standard InChI is InChI=1S/C30H31F3N2O6/c1-38-27-18-20(5-13-28(36)40-17-14-21-6-9-23(34)19-25(21)35)4-12-26(27)41-29(37)22-7-10-24(11-8-22)39-16-3-2-15-30(31,32)33/h4-13,18-19H,2-3,14-17,34-35H2,1H3. The number of halogens is 3. The monoisotopic (exact) mass is 572 g/mol. The van der Waals surface area contributed by atoms with E-state index in [9.17, 15) is 22.8 Å². The number of carbonyl (C=O) groups excluding carboxylic acids is 2. The zero-order chi connectivity index (χ0) is 29.8. The number of nitrogens with two attached hydrogens (primary N) is 2. The number of benzene rings is 3. The molecule has 8 nitrogen and oxygen atoms in total. The van der Waals surface area contributed by atoms with Gasteiger partial charge >= 0.3 is 18.1 Å². The molecule has 0 atom stereocenters. The highest BCUT2D eigenvalue weighted by Gasteiger charge is 2.25. The van der Waals surface area contributed by atoms with Gasteiger partial charge in [-0.15, -0.1) is 0 Å². The summed E-state index contributed by atoms with van der Waals surface area (Å²) in [7, 11) is 1.41. The molecular weight excluding hydrogens is 541 g/mol. The first-order chi connectivity index (χ1) is 19.5. The summed E-state index contributed by atoms with van der Waals surface area (Å²) in [5.41, 5.74) is 14.4. The van der Waals surface area contributed by atoms with E-state index in [0.29, 0.717) is 29.1 Å². The Balaban J connectivity index is 1.49. The van der Waals surface area contributed by atoms with Gasteiger partial charge in [0.05, 0.1) is 25.9 Å². The van der Waals surface area contributed by atoms with Crippen molar-refractivity contribution in [1.29, 1.82) is 0 Å². The van der Waals surface area contributed by atoms with Crippen LogP contribution in [0.2, 0.25) is 0 Å². The number of nitrogen functional groups attached to an aromatic ring is 2. The molecule has 4 N–H and O–H groups in total. The quantitative estimate of drug-likeness (QED) is 0.0842. The first kappa shape index (κ1) is 30.9. The van der Waals surface area contributed by atoms with Gasteiger partial charge in [-0.3, -0.25) is 0 Å². The van der Waals surface area contributed by atoms with Crippen molar-refractivity contribution >= 4 is 29.4 Å². The average Bonchev–Trinajstić information content (AvgIpc) is 2.93. The van der Waals surface area contributed by atoms with E-state index >= 15 is 0 Å². The second kappa shape index (κ2) is 14.6. The van der Waals surface area contributed by atoms with E-state index in [1.54, 1.807) is 30.3 Å². The van der Waals surface area contributed by atoms with Gasteiger partial charge in [0.15, 0.2) is 11.5 Å². The molecule has 0 bridgehead atoms. The maximum Gasteiger partial charge on any atom is 0.389 e. The Labute approximate surface area is 235 Å². The number of methoxy groups -OCH3 is 1. The molecule has 0 spiro atoms. The predicted molar refractivity (Wildman–Crippen MR) is 149 cm³/mol. The molecular formula is C30H31F3N2O6. The Morgan fingerprint density at radius 3 is 2.34 bits per heavy atom. The Morgan fingerprint density at radius 2 is 1.66 bits per heavy atom. The largest absolute Gasteiger partial charge is 0.494 e. The molecule has 0 amide bonds. The third kappa shape index (κ3) is 10.4. The minimum Gasteiger partial charge on any atom is -0.494 e. The molecule has 11 heteroatoms. The van der Waals surface area contributed by atoms with Crippen molar-refractivity contribution in [2.75, 3.05) is 31.8 Å². The minimum absolute atomic E-state index is 0.0182. The lowest BCUT2D eigenvalue weighted by atomic mass is 10.1. The summed E-state index contributed by atoms with van der Waals surface area (Å²) in [5.74, 6) is -0.319. The van der Waals surface area contributed by atoms with Crippen LogP contribution in [0.4, 0.5) is 24.5 Å². The molecule has 0 saturated heterocycles. The number of hydrogen-bond acceptors (Lipinski definition) is 8. The first-order valence-electron chi connectivity index (χ1n) is 12.7. The highest BCUT2D eigenvalue weighted by molar-refractivity contribution is 5.91. The number of carbonyl (C=O) groups is 2. The smallest absolute Gasteiger partial charge is 0.389 e. The van der Waals surface area contributed by atoms with Crippen LogP contribution in [0, 0.1) is 0 Å². The molecule has 0 fully saturated rings. The van der Waals surface area contributed by atoms with Crippen LogP contribution in [0.5, 0.6) is 17.2 Å². The second-order valence-corrected chi connectivity index (χ2v) is 8.95. The number of ether oxygens (including phenoxy) is 4. The van der Waals surface area contributed by atoms with Crippen molar-refractivity contribution in [2.24, 2.45) is 0 Å². The van der Waals surface area contributed by atoms with Gasteiger partial charge in [0, 0.05) is 30.3 Å². The van der Waals surface area contributed by atoms with Crippen LogP contribution in [0.1, 0.15) is 40.7 Å². The van der Waals surface area contributed by atoms with Crippen LogP contribution >= 0.6 is 0 Å². The fourth-order valence-corrected chi connectivity index (χ4v) is 3.65. The van der Waals surface area contributed by atoms with E-state index in [2.05, 4.69) is 0 Å². The van der Waals surface area contributed by atoms with Crippen molar-refractivity contribution in [3.63, 3.8) is 0 Å². The lowest BCUT2D eigenvalue weighted by Gasteiger charge is -2.11. The Hall–Kier alpha value is -4.67. The third-order valence-electron chi connectivity index (χ3n) is 5.80. The van der Waals surface area contributed by atoms with Gasteiger partial charge in [0.1, 0.15) is 5.75 Å². The zero-order valence-electron chi connectivity index (χ0n) is 22.4. The van der Waals surface area contributed by atoms with Crippen LogP contribution in [0.15, 0.2) is 66.7 Å². The molecule has 0 saturated carbocycles. The zero-order valence-corrected chi connectivity index (χ0v) is 22.4. The summed E-state index contributed by atoms with van der Waals surface area (Å²) in [6.45, 7) is 0.277. The van der Waals surface area contributed by atoms with E-state index in [1.807, 2.05) is 0 Å². The molecule has 0 aliphatic carbocycles. The maximum atomic E-state index is 12.6. The maximum absolute atomic E-state index is 12.6. The van der Waals surface area contributed by atoms with Gasteiger partial charge in [-0.1, -0.05) is 12.1 Å².